The molecular formula is C12H13ClN4O2. The van der Waals surface area contributed by atoms with Crippen molar-refractivity contribution in [3.63, 3.8) is 0 Å². The summed E-state index contributed by atoms with van der Waals surface area (Å²) in [5.74, 6) is 0.533. The van der Waals surface area contributed by atoms with Crippen molar-refractivity contribution in [3.8, 4) is 0 Å². The average molecular weight is 281 g/mol. The molecule has 3 rings (SSSR count). The minimum atomic E-state index is -1.08. The van der Waals surface area contributed by atoms with Crippen molar-refractivity contribution in [2.45, 2.75) is 31.7 Å². The van der Waals surface area contributed by atoms with E-state index in [-0.39, 0.29) is 11.3 Å². The molecule has 2 N–H and O–H groups in total. The molecule has 100 valence electrons. The number of hydrogen-bond donors (Lipinski definition) is 2. The average Bonchev–Trinajstić information content (AvgIpc) is 2.94. The number of carboxylic acid groups (broad SMARTS) is 1. The zero-order chi connectivity index (χ0) is 13.4. The molecule has 2 aromatic rings. The molecule has 0 spiro atoms. The van der Waals surface area contributed by atoms with Crippen LogP contribution in [-0.2, 0) is 0 Å². The zero-order valence-corrected chi connectivity index (χ0v) is 10.9. The molecule has 1 amide bonds. The van der Waals surface area contributed by atoms with E-state index in [0.29, 0.717) is 11.5 Å². The lowest BCUT2D eigenvalue weighted by atomic mass is 10.2. The van der Waals surface area contributed by atoms with E-state index in [0.717, 1.165) is 31.1 Å². The van der Waals surface area contributed by atoms with Crippen molar-refractivity contribution >= 4 is 34.5 Å². The summed E-state index contributed by atoms with van der Waals surface area (Å²) in [7, 11) is 0. The fourth-order valence-electron chi connectivity index (χ4n) is 2.73. The molecule has 0 bridgehead atoms. The standard InChI is InChI=1S/C12H13ClN4O2/c13-11-14-6-7-5-9(15-12(18)19)17(10(7)16-11)8-3-1-2-4-8/h5-6,8,15H,1-4H2,(H,18,19). The SMILES string of the molecule is O=C(O)Nc1cc2cnc(Cl)nc2n1C1CCCC1. The van der Waals surface area contributed by atoms with Gasteiger partial charge in [0, 0.05) is 17.6 Å². The zero-order valence-electron chi connectivity index (χ0n) is 10.1. The van der Waals surface area contributed by atoms with Crippen LogP contribution in [0.25, 0.3) is 11.0 Å². The van der Waals surface area contributed by atoms with E-state index in [4.69, 9.17) is 16.7 Å². The summed E-state index contributed by atoms with van der Waals surface area (Å²) in [6.07, 6.45) is 4.88. The van der Waals surface area contributed by atoms with Gasteiger partial charge in [0.25, 0.3) is 0 Å². The highest BCUT2D eigenvalue weighted by atomic mass is 35.5. The van der Waals surface area contributed by atoms with E-state index in [2.05, 4.69) is 15.3 Å². The van der Waals surface area contributed by atoms with Crippen LogP contribution in [0.5, 0.6) is 0 Å². The maximum atomic E-state index is 10.9. The lowest BCUT2D eigenvalue weighted by Gasteiger charge is -2.16. The van der Waals surface area contributed by atoms with Crippen LogP contribution in [0.2, 0.25) is 5.28 Å². The summed E-state index contributed by atoms with van der Waals surface area (Å²) < 4.78 is 1.93. The Labute approximate surface area is 114 Å². The molecule has 6 nitrogen and oxygen atoms in total. The van der Waals surface area contributed by atoms with Crippen molar-refractivity contribution in [3.05, 3.63) is 17.5 Å². The first-order valence-corrected chi connectivity index (χ1v) is 6.56. The van der Waals surface area contributed by atoms with Crippen LogP contribution in [0.1, 0.15) is 31.7 Å². The molecule has 7 heteroatoms. The first-order chi connectivity index (χ1) is 9.15. The second-order valence-corrected chi connectivity index (χ2v) is 5.02. The Balaban J connectivity index is 2.16. The Morgan fingerprint density at radius 3 is 2.89 bits per heavy atom. The molecular weight excluding hydrogens is 268 g/mol. The Hall–Kier alpha value is -1.82. The van der Waals surface area contributed by atoms with Gasteiger partial charge < -0.3 is 9.67 Å². The van der Waals surface area contributed by atoms with Crippen LogP contribution in [0.4, 0.5) is 10.6 Å². The number of aromatic nitrogens is 3. The van der Waals surface area contributed by atoms with E-state index in [1.54, 1.807) is 12.3 Å². The van der Waals surface area contributed by atoms with Gasteiger partial charge in [-0.05, 0) is 30.5 Å². The largest absolute Gasteiger partial charge is 0.465 e. The fourth-order valence-corrected chi connectivity index (χ4v) is 2.85. The molecule has 1 aliphatic carbocycles. The van der Waals surface area contributed by atoms with E-state index < -0.39 is 6.09 Å². The van der Waals surface area contributed by atoms with Gasteiger partial charge in [0.05, 0.1) is 0 Å². The highest BCUT2D eigenvalue weighted by Crippen LogP contribution is 2.36. The van der Waals surface area contributed by atoms with Gasteiger partial charge in [0.1, 0.15) is 11.5 Å². The lowest BCUT2D eigenvalue weighted by Crippen LogP contribution is -2.14. The number of carbonyl (C=O) groups is 1. The minimum Gasteiger partial charge on any atom is -0.465 e. The van der Waals surface area contributed by atoms with E-state index in [1.807, 2.05) is 4.57 Å². The van der Waals surface area contributed by atoms with Crippen molar-refractivity contribution in [2.24, 2.45) is 0 Å². The van der Waals surface area contributed by atoms with Crippen molar-refractivity contribution in [2.75, 3.05) is 5.32 Å². The van der Waals surface area contributed by atoms with Gasteiger partial charge in [-0.25, -0.2) is 9.78 Å². The Morgan fingerprint density at radius 1 is 1.47 bits per heavy atom. The van der Waals surface area contributed by atoms with E-state index in [1.165, 1.54) is 0 Å². The highest BCUT2D eigenvalue weighted by Gasteiger charge is 2.23. The summed E-state index contributed by atoms with van der Waals surface area (Å²) >= 11 is 5.84. The number of fused-ring (bicyclic) bond motifs is 1. The van der Waals surface area contributed by atoms with Crippen LogP contribution in [0.15, 0.2) is 12.3 Å². The van der Waals surface area contributed by atoms with Crippen LogP contribution in [0, 0.1) is 0 Å². The van der Waals surface area contributed by atoms with Crippen LogP contribution in [0.3, 0.4) is 0 Å². The number of nitrogens with one attached hydrogen (secondary N) is 1. The van der Waals surface area contributed by atoms with Gasteiger partial charge in [0.2, 0.25) is 5.28 Å². The molecule has 2 heterocycles. The first kappa shape index (κ1) is 12.2. The molecule has 0 saturated heterocycles. The quantitative estimate of drug-likeness (QED) is 0.827. The van der Waals surface area contributed by atoms with E-state index in [9.17, 15) is 4.79 Å². The van der Waals surface area contributed by atoms with E-state index >= 15 is 0 Å². The molecule has 19 heavy (non-hydrogen) atoms. The summed E-state index contributed by atoms with van der Waals surface area (Å²) in [5, 5.41) is 12.3. The smallest absolute Gasteiger partial charge is 0.410 e. The number of hydrogen-bond acceptors (Lipinski definition) is 3. The number of anilines is 1. The van der Waals surface area contributed by atoms with Crippen LogP contribution >= 0.6 is 11.6 Å². The van der Waals surface area contributed by atoms with Crippen molar-refractivity contribution < 1.29 is 9.90 Å². The molecule has 1 saturated carbocycles. The summed E-state index contributed by atoms with van der Waals surface area (Å²) in [4.78, 5) is 19.1. The summed E-state index contributed by atoms with van der Waals surface area (Å²) in [5.41, 5.74) is 0.690. The van der Waals surface area contributed by atoms with Crippen molar-refractivity contribution in [1.29, 1.82) is 0 Å². The molecule has 0 unspecified atom stereocenters. The Morgan fingerprint density at radius 2 is 2.21 bits per heavy atom. The second-order valence-electron chi connectivity index (χ2n) is 4.69. The maximum Gasteiger partial charge on any atom is 0.410 e. The van der Waals surface area contributed by atoms with Gasteiger partial charge in [-0.3, -0.25) is 5.32 Å². The van der Waals surface area contributed by atoms with Gasteiger partial charge in [-0.2, -0.15) is 4.98 Å². The number of nitrogens with zero attached hydrogens (tertiary/aromatic N) is 3. The van der Waals surface area contributed by atoms with Crippen molar-refractivity contribution in [1.82, 2.24) is 14.5 Å². The third kappa shape index (κ3) is 2.23. The molecule has 0 aromatic carbocycles. The number of amides is 1. The Bertz CT molecular complexity index is 634. The lowest BCUT2D eigenvalue weighted by molar-refractivity contribution is 0.209. The van der Waals surface area contributed by atoms with Gasteiger partial charge in [-0.1, -0.05) is 12.8 Å². The highest BCUT2D eigenvalue weighted by molar-refractivity contribution is 6.28. The molecule has 0 aliphatic heterocycles. The minimum absolute atomic E-state index is 0.173. The van der Waals surface area contributed by atoms with Gasteiger partial charge >= 0.3 is 6.09 Å². The predicted molar refractivity (Wildman–Crippen MR) is 71.7 cm³/mol. The Kier molecular flexibility index (Phi) is 3.02. The summed E-state index contributed by atoms with van der Waals surface area (Å²) in [6, 6.07) is 2.02. The number of rotatable bonds is 2. The predicted octanol–water partition coefficient (Wildman–Crippen LogP) is 3.29. The topological polar surface area (TPSA) is 80.0 Å². The molecule has 0 radical (unpaired) electrons. The van der Waals surface area contributed by atoms with Gasteiger partial charge in [0.15, 0.2) is 0 Å². The molecule has 1 fully saturated rings. The third-order valence-corrected chi connectivity index (χ3v) is 3.65. The fraction of sp³-hybridized carbons (Fsp3) is 0.417. The second kappa shape index (κ2) is 4.70. The monoisotopic (exact) mass is 280 g/mol. The molecule has 1 aliphatic rings. The molecule has 2 aromatic heterocycles. The maximum absolute atomic E-state index is 10.9. The first-order valence-electron chi connectivity index (χ1n) is 6.18. The number of halogens is 1. The third-order valence-electron chi connectivity index (χ3n) is 3.47. The van der Waals surface area contributed by atoms with Crippen LogP contribution < -0.4 is 5.32 Å². The summed E-state index contributed by atoms with van der Waals surface area (Å²) in [6.45, 7) is 0. The molecule has 0 atom stereocenters. The van der Waals surface area contributed by atoms with Gasteiger partial charge in [-0.15, -0.1) is 0 Å². The van der Waals surface area contributed by atoms with Crippen LogP contribution in [-0.4, -0.2) is 25.7 Å². The normalized spacial score (nSPS) is 16.1.